The van der Waals surface area contributed by atoms with E-state index in [1.807, 2.05) is 6.07 Å². The van der Waals surface area contributed by atoms with Gasteiger partial charge < -0.3 is 15.4 Å². The second-order valence-electron chi connectivity index (χ2n) is 7.17. The van der Waals surface area contributed by atoms with Gasteiger partial charge in [-0.1, -0.05) is 20.8 Å². The van der Waals surface area contributed by atoms with E-state index >= 15 is 0 Å². The number of aromatic carboxylic acids is 1. The zero-order valence-corrected chi connectivity index (χ0v) is 14.1. The lowest BCUT2D eigenvalue weighted by molar-refractivity contribution is 0.0698. The normalized spacial score (nSPS) is 12.3. The van der Waals surface area contributed by atoms with Crippen molar-refractivity contribution in [3.8, 4) is 0 Å². The number of nitrogens with zero attached hydrogens (tertiary/aromatic N) is 1. The van der Waals surface area contributed by atoms with E-state index < -0.39 is 5.97 Å². The number of benzene rings is 1. The Bertz CT molecular complexity index is 706. The van der Waals surface area contributed by atoms with Crippen molar-refractivity contribution in [3.63, 3.8) is 0 Å². The molecule has 0 radical (unpaired) electrons. The topological polar surface area (TPSA) is 68.2 Å². The van der Waals surface area contributed by atoms with Crippen molar-refractivity contribution in [3.05, 3.63) is 35.0 Å². The second-order valence-corrected chi connectivity index (χ2v) is 7.17. The van der Waals surface area contributed by atoms with Gasteiger partial charge in [0.15, 0.2) is 0 Å². The number of hydrogen-bond donors (Lipinski definition) is 2. The molecule has 2 aromatic rings. The monoisotopic (exact) mass is 302 g/mol. The van der Waals surface area contributed by atoms with Crippen LogP contribution in [0.5, 0.6) is 0 Å². The zero-order valence-electron chi connectivity index (χ0n) is 14.1. The minimum absolute atomic E-state index is 0.0989. The van der Waals surface area contributed by atoms with Crippen LogP contribution >= 0.6 is 0 Å². The van der Waals surface area contributed by atoms with E-state index in [9.17, 15) is 9.90 Å². The van der Waals surface area contributed by atoms with Crippen LogP contribution in [0.4, 0.5) is 0 Å². The van der Waals surface area contributed by atoms with Gasteiger partial charge in [-0.15, -0.1) is 0 Å². The van der Waals surface area contributed by atoms with Crippen LogP contribution in [0.3, 0.4) is 0 Å². The van der Waals surface area contributed by atoms with E-state index in [4.69, 9.17) is 5.73 Å². The molecular formula is C18H26N2O2. The number of hydrogen-bond acceptors (Lipinski definition) is 2. The van der Waals surface area contributed by atoms with Crippen LogP contribution in [-0.4, -0.2) is 22.2 Å². The first-order valence-electron chi connectivity index (χ1n) is 7.78. The summed E-state index contributed by atoms with van der Waals surface area (Å²) >= 11 is 0. The molecule has 0 saturated heterocycles. The fraction of sp³-hybridized carbons (Fsp3) is 0.500. The molecule has 4 heteroatoms. The molecule has 0 fully saturated rings. The summed E-state index contributed by atoms with van der Waals surface area (Å²) in [4.78, 5) is 11.8. The van der Waals surface area contributed by atoms with Crippen LogP contribution in [0, 0.1) is 0 Å². The molecule has 0 saturated carbocycles. The van der Waals surface area contributed by atoms with Gasteiger partial charge in [0.25, 0.3) is 0 Å². The summed E-state index contributed by atoms with van der Waals surface area (Å²) in [6, 6.07) is 4.15. The summed E-state index contributed by atoms with van der Waals surface area (Å²) in [6.45, 7) is 11.0. The highest BCUT2D eigenvalue weighted by molar-refractivity contribution is 6.04. The highest BCUT2D eigenvalue weighted by atomic mass is 16.4. The summed E-state index contributed by atoms with van der Waals surface area (Å²) in [5.74, 6) is -0.879. The molecule has 1 aromatic heterocycles. The number of carboxylic acid groups (broad SMARTS) is 1. The number of carbonyl (C=O) groups is 1. The van der Waals surface area contributed by atoms with Gasteiger partial charge in [-0.3, -0.25) is 0 Å². The first-order valence-corrected chi connectivity index (χ1v) is 7.78. The quantitative estimate of drug-likeness (QED) is 0.904. The molecule has 0 bridgehead atoms. The minimum atomic E-state index is -0.879. The van der Waals surface area contributed by atoms with Gasteiger partial charge in [-0.25, -0.2) is 4.79 Å². The molecule has 0 aliphatic carbocycles. The first kappa shape index (κ1) is 16.6. The average molecular weight is 302 g/mol. The molecule has 1 heterocycles. The van der Waals surface area contributed by atoms with Gasteiger partial charge in [0.2, 0.25) is 0 Å². The third-order valence-electron chi connectivity index (χ3n) is 4.08. The van der Waals surface area contributed by atoms with Gasteiger partial charge in [0.1, 0.15) is 0 Å². The molecule has 1 aromatic carbocycles. The molecule has 4 nitrogen and oxygen atoms in total. The maximum absolute atomic E-state index is 11.8. The van der Waals surface area contributed by atoms with Crippen LogP contribution in [0.25, 0.3) is 10.9 Å². The molecule has 2 rings (SSSR count). The van der Waals surface area contributed by atoms with Crippen LogP contribution in [0.15, 0.2) is 18.3 Å². The van der Waals surface area contributed by atoms with Crippen LogP contribution in [0.2, 0.25) is 0 Å². The Balaban J connectivity index is 2.90. The number of rotatable bonds is 4. The van der Waals surface area contributed by atoms with Gasteiger partial charge in [-0.2, -0.15) is 0 Å². The van der Waals surface area contributed by atoms with E-state index in [1.165, 1.54) is 0 Å². The van der Waals surface area contributed by atoms with Gasteiger partial charge in [-0.05, 0) is 55.5 Å². The van der Waals surface area contributed by atoms with Crippen molar-refractivity contribution < 1.29 is 9.90 Å². The van der Waals surface area contributed by atoms with Gasteiger partial charge in [0, 0.05) is 17.6 Å². The Labute approximate surface area is 131 Å². The maximum Gasteiger partial charge on any atom is 0.337 e. The molecule has 22 heavy (non-hydrogen) atoms. The molecule has 0 aliphatic rings. The van der Waals surface area contributed by atoms with Gasteiger partial charge >= 0.3 is 5.97 Å². The average Bonchev–Trinajstić information content (AvgIpc) is 2.76. The fourth-order valence-electron chi connectivity index (χ4n) is 2.82. The predicted molar refractivity (Wildman–Crippen MR) is 90.7 cm³/mol. The largest absolute Gasteiger partial charge is 0.478 e. The molecule has 0 spiro atoms. The maximum atomic E-state index is 11.8. The fourth-order valence-corrected chi connectivity index (χ4v) is 2.82. The summed E-state index contributed by atoms with van der Waals surface area (Å²) in [7, 11) is 0. The lowest BCUT2D eigenvalue weighted by Crippen LogP contribution is -2.13. The minimum Gasteiger partial charge on any atom is -0.478 e. The third kappa shape index (κ3) is 2.88. The number of fused-ring (bicyclic) bond motifs is 1. The molecule has 0 unspecified atom stereocenters. The van der Waals surface area contributed by atoms with Crippen molar-refractivity contribution in [1.29, 1.82) is 0 Å². The Morgan fingerprint density at radius 3 is 2.41 bits per heavy atom. The Kier molecular flexibility index (Phi) is 4.34. The summed E-state index contributed by atoms with van der Waals surface area (Å²) in [5, 5.41) is 10.7. The summed E-state index contributed by atoms with van der Waals surface area (Å²) < 4.78 is 2.05. The predicted octanol–water partition coefficient (Wildman–Crippen LogP) is 3.72. The lowest BCUT2D eigenvalue weighted by atomic mass is 9.84. The van der Waals surface area contributed by atoms with Crippen molar-refractivity contribution in [1.82, 2.24) is 4.57 Å². The number of carboxylic acids is 1. The Morgan fingerprint density at radius 2 is 1.95 bits per heavy atom. The molecule has 0 atom stereocenters. The molecule has 120 valence electrons. The van der Waals surface area contributed by atoms with E-state index in [1.54, 1.807) is 0 Å². The third-order valence-corrected chi connectivity index (χ3v) is 4.08. The standard InChI is InChI=1S/C18H26N2O2/c1-11(2)20-10-12(6-7-19)14-8-13(18(3,4)5)9-15(16(14)20)17(21)22/h8-11H,6-7,19H2,1-5H3,(H,21,22). The van der Waals surface area contributed by atoms with Crippen LogP contribution < -0.4 is 5.73 Å². The van der Waals surface area contributed by atoms with Gasteiger partial charge in [0.05, 0.1) is 11.1 Å². The van der Waals surface area contributed by atoms with Crippen molar-refractivity contribution >= 4 is 16.9 Å². The molecule has 0 aliphatic heterocycles. The number of aromatic nitrogens is 1. The van der Waals surface area contributed by atoms with Crippen molar-refractivity contribution in [2.75, 3.05) is 6.54 Å². The number of nitrogens with two attached hydrogens (primary N) is 1. The van der Waals surface area contributed by atoms with E-state index in [0.29, 0.717) is 12.1 Å². The van der Waals surface area contributed by atoms with Crippen molar-refractivity contribution in [2.24, 2.45) is 5.73 Å². The highest BCUT2D eigenvalue weighted by Gasteiger charge is 2.23. The van der Waals surface area contributed by atoms with E-state index in [-0.39, 0.29) is 11.5 Å². The van der Waals surface area contributed by atoms with Crippen LogP contribution in [-0.2, 0) is 11.8 Å². The van der Waals surface area contributed by atoms with E-state index in [0.717, 1.165) is 28.5 Å². The second kappa shape index (κ2) is 5.76. The zero-order chi connectivity index (χ0) is 16.7. The summed E-state index contributed by atoms with van der Waals surface area (Å²) in [6.07, 6.45) is 2.81. The first-order chi connectivity index (χ1) is 10.2. The Morgan fingerprint density at radius 1 is 1.32 bits per heavy atom. The SMILES string of the molecule is CC(C)n1cc(CCN)c2cc(C(C)(C)C)cc(C(=O)O)c21. The van der Waals surface area contributed by atoms with Crippen LogP contribution in [0.1, 0.15) is 62.1 Å². The lowest BCUT2D eigenvalue weighted by Gasteiger charge is -2.21. The van der Waals surface area contributed by atoms with E-state index in [2.05, 4.69) is 51.4 Å². The molecule has 3 N–H and O–H groups in total. The molecular weight excluding hydrogens is 276 g/mol. The Hall–Kier alpha value is -1.81. The molecule has 0 amide bonds. The smallest absolute Gasteiger partial charge is 0.337 e. The van der Waals surface area contributed by atoms with Crippen molar-refractivity contribution in [2.45, 2.75) is 52.5 Å². The highest BCUT2D eigenvalue weighted by Crippen LogP contribution is 2.33. The summed E-state index contributed by atoms with van der Waals surface area (Å²) in [5.41, 5.74) is 8.98.